The number of H-pyrrole nitrogens is 2. The lowest BCUT2D eigenvalue weighted by Gasteiger charge is -2.23. The van der Waals surface area contributed by atoms with Crippen molar-refractivity contribution in [2.24, 2.45) is 0 Å². The van der Waals surface area contributed by atoms with Crippen LogP contribution in [0.15, 0.2) is 164 Å². The molecule has 0 radical (unpaired) electrons. The molecule has 2 aliphatic heterocycles. The number of anilines is 2. The molecule has 0 aliphatic carbocycles. The summed E-state index contributed by atoms with van der Waals surface area (Å²) in [6, 6.07) is 53.2. The molecule has 68 heavy (non-hydrogen) atoms. The highest BCUT2D eigenvalue weighted by Gasteiger charge is 2.26. The number of carbonyl (C=O) groups excluding carboxylic acids is 2. The number of fused-ring (bicyclic) bond motifs is 8. The van der Waals surface area contributed by atoms with Crippen LogP contribution in [0.4, 0.5) is 16.2 Å². The van der Waals surface area contributed by atoms with Crippen LogP contribution in [0, 0.1) is 0 Å². The predicted octanol–water partition coefficient (Wildman–Crippen LogP) is 13.0. The summed E-state index contributed by atoms with van der Waals surface area (Å²) in [5, 5.41) is 5.83. The number of alkyl carbamates (subject to hydrolysis) is 1. The molecule has 3 aromatic heterocycles. The number of nitrogens with zero attached hydrogens (tertiary/aromatic N) is 2. The number of amides is 2. The third-order valence-corrected chi connectivity index (χ3v) is 11.8. The molecule has 334 valence electrons. The van der Waals surface area contributed by atoms with Crippen LogP contribution in [0.5, 0.6) is 0 Å². The second kappa shape index (κ2) is 18.3. The van der Waals surface area contributed by atoms with Gasteiger partial charge in [-0.25, -0.2) is 14.8 Å². The topological polar surface area (TPSA) is 151 Å². The molecular weight excluding hydrogens is 843 g/mol. The van der Waals surface area contributed by atoms with Gasteiger partial charge in [-0.2, -0.15) is 0 Å². The Kier molecular flexibility index (Phi) is 11.6. The van der Waals surface area contributed by atoms with E-state index in [1.54, 1.807) is 20.8 Å². The molecule has 10 rings (SSSR count). The van der Waals surface area contributed by atoms with E-state index in [2.05, 4.69) is 87.4 Å². The molecule has 8 aromatic rings. The van der Waals surface area contributed by atoms with Gasteiger partial charge in [0, 0.05) is 62.1 Å². The number of hydrogen-bond donors (Lipinski definition) is 5. The summed E-state index contributed by atoms with van der Waals surface area (Å²) in [6.07, 6.45) is 7.88. The lowest BCUT2D eigenvalue weighted by Crippen LogP contribution is -2.47. The minimum absolute atomic E-state index is 0.275. The van der Waals surface area contributed by atoms with Gasteiger partial charge in [-0.05, 0) is 121 Å². The van der Waals surface area contributed by atoms with Crippen LogP contribution >= 0.6 is 0 Å². The van der Waals surface area contributed by atoms with E-state index < -0.39 is 17.7 Å². The average Bonchev–Trinajstić information content (AvgIpc) is 4.19. The molecule has 8 bridgehead atoms. The Balaban J connectivity index is 1.15. The molecule has 0 unspecified atom stereocenters. The first-order valence-corrected chi connectivity index (χ1v) is 22.6. The van der Waals surface area contributed by atoms with E-state index in [0.717, 1.165) is 94.9 Å². The van der Waals surface area contributed by atoms with E-state index in [4.69, 9.17) is 20.4 Å². The van der Waals surface area contributed by atoms with Crippen molar-refractivity contribution < 1.29 is 14.3 Å². The zero-order valence-electron chi connectivity index (χ0n) is 37.9. The van der Waals surface area contributed by atoms with E-state index in [-0.39, 0.29) is 12.3 Å². The molecule has 0 saturated heterocycles. The van der Waals surface area contributed by atoms with Gasteiger partial charge in [0.05, 0.1) is 22.8 Å². The number of nitrogens with two attached hydrogens (primary N) is 1. The monoisotopic (exact) mass is 891 g/mol. The highest BCUT2D eigenvalue weighted by atomic mass is 16.6. The molecule has 0 saturated carbocycles. The molecule has 2 aliphatic rings. The number of nitrogen functional groups attached to an aromatic ring is 1. The molecule has 2 amide bonds. The van der Waals surface area contributed by atoms with Gasteiger partial charge >= 0.3 is 6.09 Å². The van der Waals surface area contributed by atoms with Crippen molar-refractivity contribution in [3.05, 3.63) is 192 Å². The highest BCUT2D eigenvalue weighted by Crippen LogP contribution is 2.38. The molecule has 10 nitrogen and oxygen atoms in total. The fourth-order valence-electron chi connectivity index (χ4n) is 8.74. The number of benzene rings is 5. The van der Waals surface area contributed by atoms with Gasteiger partial charge in [-0.15, -0.1) is 0 Å². The standard InChI is InChI=1S/C58H49N7O3/c1-58(2,3)68-57(67)65-51(35-36-13-7-4-8-14-36)56(66)60-42-25-21-40(22-26-42)55-49-32-30-46(63-49)53(38-17-11-6-12-18-38)44-28-27-43(61-44)52(37-15-9-5-10-16-37)45-29-31-47(62-45)54(48-33-34-50(55)64-48)39-19-23-41(59)24-20-39/h4-34,51,62-63H,35,59H2,1-3H3,(H,60,66)(H,65,67)/t51-/m0/s1. The lowest BCUT2D eigenvalue weighted by atomic mass is 10.0. The first-order chi connectivity index (χ1) is 33.0. The van der Waals surface area contributed by atoms with Gasteiger partial charge in [-0.3, -0.25) is 4.79 Å². The summed E-state index contributed by atoms with van der Waals surface area (Å²) in [7, 11) is 0. The summed E-state index contributed by atoms with van der Waals surface area (Å²) in [5.41, 5.74) is 21.9. The second-order valence-corrected chi connectivity index (χ2v) is 17.8. The third-order valence-electron chi connectivity index (χ3n) is 11.8. The summed E-state index contributed by atoms with van der Waals surface area (Å²) >= 11 is 0. The van der Waals surface area contributed by atoms with Crippen LogP contribution in [-0.2, 0) is 16.0 Å². The Labute approximate surface area is 394 Å². The average molecular weight is 892 g/mol. The summed E-state index contributed by atoms with van der Waals surface area (Å²) in [6.45, 7) is 5.36. The SMILES string of the molecule is CC(C)(C)OC(=O)N[C@@H](Cc1ccccc1)C(=O)Nc1ccc(-c2c3nc(c(-c4ccc(N)cc4)c4ccc([nH]4)c(-c4ccccc4)c4nc(c(-c5ccccc5)c5ccc2[nH]5)C=C4)C=C3)cc1. The largest absolute Gasteiger partial charge is 0.444 e. The normalized spacial score (nSPS) is 12.4. The molecule has 6 N–H and O–H groups in total. The number of rotatable bonds is 9. The van der Waals surface area contributed by atoms with Gasteiger partial charge in [0.15, 0.2) is 0 Å². The quantitative estimate of drug-likeness (QED) is 0.0910. The molecule has 0 fully saturated rings. The zero-order valence-corrected chi connectivity index (χ0v) is 37.9. The minimum Gasteiger partial charge on any atom is -0.444 e. The van der Waals surface area contributed by atoms with Crippen LogP contribution in [-0.4, -0.2) is 43.6 Å². The number of carbonyl (C=O) groups is 2. The van der Waals surface area contributed by atoms with E-state index in [1.807, 2.05) is 121 Å². The Morgan fingerprint density at radius 3 is 1.32 bits per heavy atom. The molecular formula is C58H49N7O3. The lowest BCUT2D eigenvalue weighted by molar-refractivity contribution is -0.118. The fraction of sp³-hybridized carbons (Fsp3) is 0.103. The van der Waals surface area contributed by atoms with Crippen molar-refractivity contribution in [2.45, 2.75) is 38.8 Å². The molecule has 5 aromatic carbocycles. The third kappa shape index (κ3) is 9.21. The number of nitrogens with one attached hydrogen (secondary N) is 4. The summed E-state index contributed by atoms with van der Waals surface area (Å²) in [4.78, 5) is 45.3. The number of ether oxygens (including phenoxy) is 1. The Hall–Kier alpha value is -8.76. The maximum atomic E-state index is 14.0. The number of aromatic amines is 2. The molecule has 0 spiro atoms. The Bertz CT molecular complexity index is 3400. The van der Waals surface area contributed by atoms with Gasteiger partial charge in [0.25, 0.3) is 0 Å². The van der Waals surface area contributed by atoms with Gasteiger partial charge in [0.1, 0.15) is 11.6 Å². The first kappa shape index (κ1) is 43.1. The van der Waals surface area contributed by atoms with Crippen LogP contribution < -0.4 is 16.4 Å². The van der Waals surface area contributed by atoms with Crippen LogP contribution in [0.25, 0.3) is 90.9 Å². The smallest absolute Gasteiger partial charge is 0.408 e. The van der Waals surface area contributed by atoms with Gasteiger partial charge in [-0.1, -0.05) is 115 Å². The van der Waals surface area contributed by atoms with Gasteiger partial charge in [0.2, 0.25) is 5.91 Å². The van der Waals surface area contributed by atoms with Crippen molar-refractivity contribution in [1.82, 2.24) is 25.3 Å². The molecule has 5 heterocycles. The Morgan fingerprint density at radius 2 is 0.912 bits per heavy atom. The maximum Gasteiger partial charge on any atom is 0.408 e. The maximum absolute atomic E-state index is 14.0. The van der Waals surface area contributed by atoms with E-state index in [9.17, 15) is 9.59 Å². The first-order valence-electron chi connectivity index (χ1n) is 22.6. The van der Waals surface area contributed by atoms with Gasteiger partial charge < -0.3 is 31.1 Å². The van der Waals surface area contributed by atoms with Crippen LogP contribution in [0.2, 0.25) is 0 Å². The van der Waals surface area contributed by atoms with Crippen molar-refractivity contribution in [1.29, 1.82) is 0 Å². The van der Waals surface area contributed by atoms with Crippen LogP contribution in [0.1, 0.15) is 49.1 Å². The predicted molar refractivity (Wildman–Crippen MR) is 277 cm³/mol. The molecule has 1 atom stereocenters. The van der Waals surface area contributed by atoms with E-state index in [0.29, 0.717) is 11.4 Å². The zero-order chi connectivity index (χ0) is 46.8. The number of hydrogen-bond acceptors (Lipinski definition) is 6. The van der Waals surface area contributed by atoms with Crippen molar-refractivity contribution in [3.8, 4) is 44.5 Å². The number of aromatic nitrogens is 4. The summed E-state index contributed by atoms with van der Waals surface area (Å²) in [5.74, 6) is -0.374. The minimum atomic E-state index is -0.896. The van der Waals surface area contributed by atoms with Crippen molar-refractivity contribution >= 4 is 69.7 Å². The fourth-order valence-corrected chi connectivity index (χ4v) is 8.74. The second-order valence-electron chi connectivity index (χ2n) is 17.8. The van der Waals surface area contributed by atoms with E-state index >= 15 is 0 Å². The highest BCUT2D eigenvalue weighted by molar-refractivity contribution is 6.01. The van der Waals surface area contributed by atoms with Crippen molar-refractivity contribution in [2.75, 3.05) is 11.1 Å². The van der Waals surface area contributed by atoms with Crippen LogP contribution in [0.3, 0.4) is 0 Å². The summed E-state index contributed by atoms with van der Waals surface area (Å²) < 4.78 is 5.53. The Morgan fingerprint density at radius 1 is 0.529 bits per heavy atom. The molecule has 10 heteroatoms. The van der Waals surface area contributed by atoms with Crippen molar-refractivity contribution in [3.63, 3.8) is 0 Å². The van der Waals surface area contributed by atoms with E-state index in [1.165, 1.54) is 0 Å².